The minimum Gasteiger partial charge on any atom is -0.369 e. The predicted molar refractivity (Wildman–Crippen MR) is 99.8 cm³/mol. The molecule has 0 fully saturated rings. The molecular weight excluding hydrogens is 302 g/mol. The third-order valence-electron chi connectivity index (χ3n) is 3.97. The van der Waals surface area contributed by atoms with Gasteiger partial charge in [-0.1, -0.05) is 44.5 Å². The number of hydrogen-bond acceptors (Lipinski definition) is 3. The van der Waals surface area contributed by atoms with Gasteiger partial charge in [-0.3, -0.25) is 9.98 Å². The first-order valence-electron chi connectivity index (χ1n) is 8.30. The maximum Gasteiger partial charge on any atom is 0.328 e. The number of aryl methyl sites for hydroxylation is 1. The van der Waals surface area contributed by atoms with E-state index >= 15 is 0 Å². The van der Waals surface area contributed by atoms with Crippen molar-refractivity contribution in [2.45, 2.75) is 39.7 Å². The third kappa shape index (κ3) is 4.01. The predicted octanol–water partition coefficient (Wildman–Crippen LogP) is 3.03. The second kappa shape index (κ2) is 8.29. The Labute approximate surface area is 142 Å². The Morgan fingerprint density at radius 2 is 1.96 bits per heavy atom. The number of rotatable bonds is 8. The molecule has 0 spiro atoms. The molecule has 0 amide bonds. The third-order valence-corrected chi connectivity index (χ3v) is 3.97. The molecule has 0 bridgehead atoms. The number of imidazole rings is 1. The van der Waals surface area contributed by atoms with Gasteiger partial charge in [-0.25, -0.2) is 9.79 Å². The summed E-state index contributed by atoms with van der Waals surface area (Å²) >= 11 is 0. The average molecular weight is 327 g/mol. The highest BCUT2D eigenvalue weighted by Gasteiger charge is 2.17. The molecule has 1 aromatic carbocycles. The number of amidine groups is 1. The highest BCUT2D eigenvalue weighted by atomic mass is 16.1. The Morgan fingerprint density at radius 3 is 2.54 bits per heavy atom. The molecule has 6 heteroatoms. The second-order valence-electron chi connectivity index (χ2n) is 5.70. The molecule has 2 rings (SSSR count). The van der Waals surface area contributed by atoms with Crippen LogP contribution in [-0.2, 0) is 13.0 Å². The fraction of sp³-hybridized carbons (Fsp3) is 0.389. The van der Waals surface area contributed by atoms with Crippen LogP contribution >= 0.6 is 0 Å². The quantitative estimate of drug-likeness (QED) is 0.395. The molecule has 0 saturated carbocycles. The van der Waals surface area contributed by atoms with E-state index in [0.29, 0.717) is 18.1 Å². The van der Waals surface area contributed by atoms with Gasteiger partial charge in [-0.05, 0) is 30.7 Å². The molecule has 1 heterocycles. The van der Waals surface area contributed by atoms with E-state index in [4.69, 9.17) is 5.41 Å². The van der Waals surface area contributed by atoms with Gasteiger partial charge in [0.05, 0.1) is 6.54 Å². The number of anilines is 1. The maximum atomic E-state index is 12.4. The topological polar surface area (TPSA) is 86.0 Å². The minimum atomic E-state index is -0.253. The van der Waals surface area contributed by atoms with Gasteiger partial charge >= 0.3 is 5.69 Å². The summed E-state index contributed by atoms with van der Waals surface area (Å²) in [5, 5.41) is 11.2. The molecule has 24 heavy (non-hydrogen) atoms. The second-order valence-corrected chi connectivity index (χ2v) is 5.70. The Balaban J connectivity index is 2.35. The lowest BCUT2D eigenvalue weighted by Gasteiger charge is -2.11. The zero-order valence-corrected chi connectivity index (χ0v) is 14.4. The van der Waals surface area contributed by atoms with Crippen molar-refractivity contribution < 1.29 is 0 Å². The Hall–Kier alpha value is -2.63. The number of H-pyrrole nitrogens is 1. The fourth-order valence-corrected chi connectivity index (χ4v) is 2.50. The lowest BCUT2D eigenvalue weighted by atomic mass is 10.1. The number of nitrogens with one attached hydrogen (secondary N) is 3. The van der Waals surface area contributed by atoms with Crippen molar-refractivity contribution in [3.63, 3.8) is 0 Å². The van der Waals surface area contributed by atoms with Gasteiger partial charge in [0.15, 0.2) is 5.84 Å². The van der Waals surface area contributed by atoms with Gasteiger partial charge < -0.3 is 10.3 Å². The number of nitrogens with zero attached hydrogens (tertiary/aromatic N) is 2. The van der Waals surface area contributed by atoms with Crippen molar-refractivity contribution in [3.8, 4) is 0 Å². The number of aliphatic imine (C=N–C) groups is 1. The SMILES string of the molecule is C=NC(=N)c1[nH]c(=O)n(Cc2ccc(CC)cc2)c1NCCCC. The number of aromatic amines is 1. The lowest BCUT2D eigenvalue weighted by molar-refractivity contribution is 0.753. The minimum absolute atomic E-state index is 0.0359. The molecule has 3 N–H and O–H groups in total. The number of unbranched alkanes of at least 4 members (excludes halogenated alkanes) is 1. The van der Waals surface area contributed by atoms with Crippen LogP contribution in [0.3, 0.4) is 0 Å². The van der Waals surface area contributed by atoms with Crippen LogP contribution < -0.4 is 11.0 Å². The summed E-state index contributed by atoms with van der Waals surface area (Å²) in [7, 11) is 0. The van der Waals surface area contributed by atoms with Gasteiger partial charge in [0.2, 0.25) is 0 Å². The number of benzene rings is 1. The molecular formula is C18H25N5O. The van der Waals surface area contributed by atoms with E-state index in [-0.39, 0.29) is 11.5 Å². The van der Waals surface area contributed by atoms with Crippen molar-refractivity contribution in [2.24, 2.45) is 4.99 Å². The van der Waals surface area contributed by atoms with Crippen LogP contribution in [0.2, 0.25) is 0 Å². The molecule has 128 valence electrons. The van der Waals surface area contributed by atoms with Crippen LogP contribution in [0.4, 0.5) is 5.82 Å². The molecule has 0 aliphatic carbocycles. The molecule has 0 aliphatic heterocycles. The van der Waals surface area contributed by atoms with Crippen molar-refractivity contribution in [1.82, 2.24) is 9.55 Å². The van der Waals surface area contributed by atoms with E-state index < -0.39 is 0 Å². The Kier molecular flexibility index (Phi) is 6.12. The summed E-state index contributed by atoms with van der Waals surface area (Å²) < 4.78 is 1.62. The highest BCUT2D eigenvalue weighted by Crippen LogP contribution is 2.16. The van der Waals surface area contributed by atoms with Gasteiger partial charge in [0, 0.05) is 6.54 Å². The van der Waals surface area contributed by atoms with E-state index in [0.717, 1.165) is 31.4 Å². The number of hydrogen-bond donors (Lipinski definition) is 3. The first-order chi connectivity index (χ1) is 11.6. The Bertz CT molecular complexity index is 755. The Morgan fingerprint density at radius 1 is 1.29 bits per heavy atom. The summed E-state index contributed by atoms with van der Waals surface area (Å²) in [6.45, 7) is 8.78. The van der Waals surface area contributed by atoms with Gasteiger partial charge in [0.25, 0.3) is 0 Å². The molecule has 1 aromatic heterocycles. The smallest absolute Gasteiger partial charge is 0.328 e. The summed E-state index contributed by atoms with van der Waals surface area (Å²) in [6, 6.07) is 8.21. The normalized spacial score (nSPS) is 10.6. The summed E-state index contributed by atoms with van der Waals surface area (Å²) in [4.78, 5) is 18.7. The average Bonchev–Trinajstić information content (AvgIpc) is 2.91. The van der Waals surface area contributed by atoms with E-state index in [2.05, 4.69) is 48.0 Å². The van der Waals surface area contributed by atoms with Gasteiger partial charge in [-0.15, -0.1) is 0 Å². The van der Waals surface area contributed by atoms with E-state index in [1.807, 2.05) is 12.1 Å². The van der Waals surface area contributed by atoms with Crippen molar-refractivity contribution >= 4 is 18.4 Å². The lowest BCUT2D eigenvalue weighted by Crippen LogP contribution is -2.20. The zero-order valence-electron chi connectivity index (χ0n) is 14.4. The van der Waals surface area contributed by atoms with Crippen LogP contribution in [0, 0.1) is 5.41 Å². The van der Waals surface area contributed by atoms with E-state index in [1.165, 1.54) is 5.56 Å². The van der Waals surface area contributed by atoms with Crippen molar-refractivity contribution in [1.29, 1.82) is 5.41 Å². The molecule has 0 atom stereocenters. The van der Waals surface area contributed by atoms with Crippen LogP contribution in [0.15, 0.2) is 34.1 Å². The first-order valence-corrected chi connectivity index (χ1v) is 8.30. The van der Waals surface area contributed by atoms with Crippen LogP contribution in [0.5, 0.6) is 0 Å². The van der Waals surface area contributed by atoms with E-state index in [1.54, 1.807) is 4.57 Å². The molecule has 0 radical (unpaired) electrons. The molecule has 0 unspecified atom stereocenters. The van der Waals surface area contributed by atoms with Gasteiger partial charge in [0.1, 0.15) is 11.5 Å². The van der Waals surface area contributed by atoms with Crippen LogP contribution in [-0.4, -0.2) is 28.6 Å². The van der Waals surface area contributed by atoms with Crippen LogP contribution in [0.1, 0.15) is 43.5 Å². The molecule has 0 aliphatic rings. The summed E-state index contributed by atoms with van der Waals surface area (Å²) in [5.41, 5.74) is 2.43. The fourth-order valence-electron chi connectivity index (χ4n) is 2.50. The van der Waals surface area contributed by atoms with Crippen LogP contribution in [0.25, 0.3) is 0 Å². The van der Waals surface area contributed by atoms with Gasteiger partial charge in [-0.2, -0.15) is 0 Å². The summed E-state index contributed by atoms with van der Waals surface area (Å²) in [5.74, 6) is 0.566. The molecule has 6 nitrogen and oxygen atoms in total. The number of aromatic nitrogens is 2. The molecule has 0 saturated heterocycles. The monoisotopic (exact) mass is 327 g/mol. The first kappa shape index (κ1) is 17.7. The summed E-state index contributed by atoms with van der Waals surface area (Å²) in [6.07, 6.45) is 3.02. The standard InChI is InChI=1S/C18H25N5O/c1-4-6-11-21-17-15(16(19)20-3)22-18(24)23(17)12-14-9-7-13(5-2)8-10-14/h7-10,19,21H,3-6,11-12H2,1-2H3,(H,22,24). The largest absolute Gasteiger partial charge is 0.369 e. The highest BCUT2D eigenvalue weighted by molar-refractivity contribution is 6.01. The van der Waals surface area contributed by atoms with Crippen molar-refractivity contribution in [2.75, 3.05) is 11.9 Å². The maximum absolute atomic E-state index is 12.4. The van der Waals surface area contributed by atoms with Crippen molar-refractivity contribution in [3.05, 3.63) is 51.6 Å². The molecule has 2 aromatic rings. The zero-order chi connectivity index (χ0) is 17.5. The van der Waals surface area contributed by atoms with E-state index in [9.17, 15) is 4.79 Å².